The van der Waals surface area contributed by atoms with Gasteiger partial charge in [0, 0.05) is 5.56 Å². The van der Waals surface area contributed by atoms with Crippen molar-refractivity contribution in [1.29, 1.82) is 0 Å². The standard InChI is InChI=1S/C12H15FO/c1-8(2)9(3)6-10-7-11(13)4-5-12(10)14/h4-5,7,14H,6H2,1-3H3. The van der Waals surface area contributed by atoms with Gasteiger partial charge < -0.3 is 5.11 Å². The zero-order valence-electron chi connectivity index (χ0n) is 8.76. The quantitative estimate of drug-likeness (QED) is 0.715. The zero-order valence-corrected chi connectivity index (χ0v) is 8.76. The Balaban J connectivity index is 2.97. The summed E-state index contributed by atoms with van der Waals surface area (Å²) in [6, 6.07) is 4.03. The summed E-state index contributed by atoms with van der Waals surface area (Å²) in [5.74, 6) is -0.147. The number of aromatic hydroxyl groups is 1. The van der Waals surface area contributed by atoms with Crippen LogP contribution in [0.4, 0.5) is 4.39 Å². The van der Waals surface area contributed by atoms with Gasteiger partial charge in [0.2, 0.25) is 0 Å². The van der Waals surface area contributed by atoms with E-state index in [0.29, 0.717) is 12.0 Å². The van der Waals surface area contributed by atoms with Crippen molar-refractivity contribution >= 4 is 0 Å². The van der Waals surface area contributed by atoms with Gasteiger partial charge in [-0.15, -0.1) is 0 Å². The van der Waals surface area contributed by atoms with Gasteiger partial charge >= 0.3 is 0 Å². The smallest absolute Gasteiger partial charge is 0.123 e. The van der Waals surface area contributed by atoms with Crippen LogP contribution in [0.5, 0.6) is 5.75 Å². The van der Waals surface area contributed by atoms with Gasteiger partial charge in [0.05, 0.1) is 0 Å². The van der Waals surface area contributed by atoms with Crippen molar-refractivity contribution < 1.29 is 9.50 Å². The molecule has 2 heteroatoms. The lowest BCUT2D eigenvalue weighted by atomic mass is 10.0. The van der Waals surface area contributed by atoms with Gasteiger partial charge in [-0.3, -0.25) is 0 Å². The molecule has 0 aliphatic rings. The van der Waals surface area contributed by atoms with Crippen LogP contribution < -0.4 is 0 Å². The van der Waals surface area contributed by atoms with Gasteiger partial charge in [0.1, 0.15) is 11.6 Å². The van der Waals surface area contributed by atoms with E-state index in [9.17, 15) is 9.50 Å². The van der Waals surface area contributed by atoms with Crippen LogP contribution in [-0.4, -0.2) is 5.11 Å². The molecule has 0 heterocycles. The van der Waals surface area contributed by atoms with E-state index in [-0.39, 0.29) is 11.6 Å². The molecule has 0 spiro atoms. The number of rotatable bonds is 2. The largest absolute Gasteiger partial charge is 0.508 e. The summed E-state index contributed by atoms with van der Waals surface area (Å²) in [4.78, 5) is 0. The fourth-order valence-electron chi connectivity index (χ4n) is 1.16. The average Bonchev–Trinajstić information content (AvgIpc) is 2.11. The van der Waals surface area contributed by atoms with Crippen LogP contribution in [0.25, 0.3) is 0 Å². The summed E-state index contributed by atoms with van der Waals surface area (Å²) >= 11 is 0. The van der Waals surface area contributed by atoms with Crippen LogP contribution >= 0.6 is 0 Å². The summed E-state index contributed by atoms with van der Waals surface area (Å²) < 4.78 is 12.9. The molecule has 0 unspecified atom stereocenters. The maximum Gasteiger partial charge on any atom is 0.123 e. The minimum Gasteiger partial charge on any atom is -0.508 e. The van der Waals surface area contributed by atoms with Crippen molar-refractivity contribution in [3.8, 4) is 5.75 Å². The predicted octanol–water partition coefficient (Wildman–Crippen LogP) is 3.43. The molecule has 0 amide bonds. The molecular weight excluding hydrogens is 179 g/mol. The van der Waals surface area contributed by atoms with Gasteiger partial charge in [-0.05, 0) is 45.4 Å². The topological polar surface area (TPSA) is 20.2 Å². The van der Waals surface area contributed by atoms with E-state index < -0.39 is 0 Å². The van der Waals surface area contributed by atoms with Gasteiger partial charge in [-0.1, -0.05) is 11.1 Å². The third-order valence-corrected chi connectivity index (χ3v) is 2.35. The molecule has 1 N–H and O–H groups in total. The third kappa shape index (κ3) is 2.59. The lowest BCUT2D eigenvalue weighted by molar-refractivity contribution is 0.466. The highest BCUT2D eigenvalue weighted by molar-refractivity contribution is 5.35. The van der Waals surface area contributed by atoms with Crippen LogP contribution in [0.2, 0.25) is 0 Å². The van der Waals surface area contributed by atoms with E-state index in [4.69, 9.17) is 0 Å². The van der Waals surface area contributed by atoms with E-state index in [1.54, 1.807) is 0 Å². The number of halogens is 1. The van der Waals surface area contributed by atoms with Gasteiger partial charge in [0.25, 0.3) is 0 Å². The van der Waals surface area contributed by atoms with Gasteiger partial charge in [-0.2, -0.15) is 0 Å². The molecule has 1 aromatic rings. The van der Waals surface area contributed by atoms with Gasteiger partial charge in [0.15, 0.2) is 0 Å². The SMILES string of the molecule is CC(C)=C(C)Cc1cc(F)ccc1O. The van der Waals surface area contributed by atoms with Crippen LogP contribution in [-0.2, 0) is 6.42 Å². The second kappa shape index (κ2) is 4.27. The van der Waals surface area contributed by atoms with Crippen molar-refractivity contribution in [2.45, 2.75) is 27.2 Å². The van der Waals surface area contributed by atoms with E-state index in [1.807, 2.05) is 20.8 Å². The Bertz CT molecular complexity index is 363. The summed E-state index contributed by atoms with van der Waals surface area (Å²) in [6.07, 6.45) is 0.603. The molecule has 0 radical (unpaired) electrons. The average molecular weight is 194 g/mol. The molecule has 0 aromatic heterocycles. The maximum absolute atomic E-state index is 12.9. The number of phenolic OH excluding ortho intramolecular Hbond substituents is 1. The number of allylic oxidation sites excluding steroid dienone is 2. The van der Waals surface area contributed by atoms with Crippen LogP contribution in [0.3, 0.4) is 0 Å². The molecule has 0 saturated heterocycles. The fourth-order valence-corrected chi connectivity index (χ4v) is 1.16. The summed E-state index contributed by atoms with van der Waals surface area (Å²) in [6.45, 7) is 6.00. The molecule has 0 saturated carbocycles. The first kappa shape index (κ1) is 10.8. The van der Waals surface area contributed by atoms with Crippen molar-refractivity contribution in [2.24, 2.45) is 0 Å². The molecule has 0 atom stereocenters. The first-order chi connectivity index (χ1) is 6.50. The van der Waals surface area contributed by atoms with E-state index in [0.717, 1.165) is 5.57 Å². The first-order valence-electron chi connectivity index (χ1n) is 4.61. The molecule has 1 aromatic carbocycles. The van der Waals surface area contributed by atoms with Crippen molar-refractivity contribution in [3.05, 3.63) is 40.7 Å². The fraction of sp³-hybridized carbons (Fsp3) is 0.333. The Labute approximate surface area is 83.9 Å². The molecular formula is C12H15FO. The number of hydrogen-bond donors (Lipinski definition) is 1. The molecule has 0 aliphatic heterocycles. The zero-order chi connectivity index (χ0) is 10.7. The molecule has 1 rings (SSSR count). The van der Waals surface area contributed by atoms with Crippen LogP contribution in [0.1, 0.15) is 26.3 Å². The van der Waals surface area contributed by atoms with E-state index in [2.05, 4.69) is 0 Å². The van der Waals surface area contributed by atoms with Crippen molar-refractivity contribution in [2.75, 3.05) is 0 Å². The molecule has 1 nitrogen and oxygen atoms in total. The first-order valence-corrected chi connectivity index (χ1v) is 4.61. The molecule has 76 valence electrons. The highest BCUT2D eigenvalue weighted by Gasteiger charge is 2.04. The highest BCUT2D eigenvalue weighted by Crippen LogP contribution is 2.21. The number of hydrogen-bond acceptors (Lipinski definition) is 1. The lowest BCUT2D eigenvalue weighted by Gasteiger charge is -2.06. The van der Waals surface area contributed by atoms with Crippen molar-refractivity contribution in [1.82, 2.24) is 0 Å². The van der Waals surface area contributed by atoms with E-state index >= 15 is 0 Å². The van der Waals surface area contributed by atoms with E-state index in [1.165, 1.54) is 23.8 Å². The highest BCUT2D eigenvalue weighted by atomic mass is 19.1. The normalized spacial score (nSPS) is 10.0. The van der Waals surface area contributed by atoms with Crippen molar-refractivity contribution in [3.63, 3.8) is 0 Å². The molecule has 0 fully saturated rings. The molecule has 0 aliphatic carbocycles. The third-order valence-electron chi connectivity index (χ3n) is 2.35. The molecule has 14 heavy (non-hydrogen) atoms. The monoisotopic (exact) mass is 194 g/mol. The van der Waals surface area contributed by atoms with Crippen LogP contribution in [0.15, 0.2) is 29.3 Å². The second-order valence-corrected chi connectivity index (χ2v) is 3.73. The number of benzene rings is 1. The number of phenols is 1. The predicted molar refractivity (Wildman–Crippen MR) is 55.8 cm³/mol. The Kier molecular flexibility index (Phi) is 3.28. The summed E-state index contributed by atoms with van der Waals surface area (Å²) in [7, 11) is 0. The minimum absolute atomic E-state index is 0.159. The Morgan fingerprint density at radius 2 is 1.93 bits per heavy atom. The second-order valence-electron chi connectivity index (χ2n) is 3.73. The maximum atomic E-state index is 12.9. The lowest BCUT2D eigenvalue weighted by Crippen LogP contribution is -1.91. The molecule has 0 bridgehead atoms. The summed E-state index contributed by atoms with van der Waals surface area (Å²) in [5.41, 5.74) is 3.00. The Hall–Kier alpha value is -1.31. The minimum atomic E-state index is -0.306. The summed E-state index contributed by atoms with van der Waals surface area (Å²) in [5, 5.41) is 9.48. The Morgan fingerprint density at radius 3 is 2.50 bits per heavy atom. The Morgan fingerprint density at radius 1 is 1.29 bits per heavy atom. The van der Waals surface area contributed by atoms with Crippen LogP contribution in [0, 0.1) is 5.82 Å². The van der Waals surface area contributed by atoms with Gasteiger partial charge in [-0.25, -0.2) is 4.39 Å².